The van der Waals surface area contributed by atoms with E-state index in [9.17, 15) is 5.11 Å². The van der Waals surface area contributed by atoms with Gasteiger partial charge in [0.25, 0.3) is 0 Å². The molecule has 0 saturated heterocycles. The van der Waals surface area contributed by atoms with Gasteiger partial charge in [0.05, 0.1) is 12.6 Å². The molecule has 0 radical (unpaired) electrons. The minimum Gasteiger partial charge on any atom is -0.392 e. The molecule has 78 valence electrons. The molecule has 0 amide bonds. The minimum absolute atomic E-state index is 0.171. The van der Waals surface area contributed by atoms with E-state index in [1.807, 2.05) is 17.8 Å². The standard InChI is InChI=1S/C10H17N3O/c1-13-6-5-11-10(13)7-12-8-3-2-4-9(8)14/h5-6,8-9,12,14H,2-4,7H2,1H3/t8-,9-/m1/s1. The van der Waals surface area contributed by atoms with Crippen LogP contribution in [0, 0.1) is 0 Å². The Morgan fingerprint density at radius 1 is 1.64 bits per heavy atom. The summed E-state index contributed by atoms with van der Waals surface area (Å²) in [7, 11) is 1.98. The summed E-state index contributed by atoms with van der Waals surface area (Å²) in [6, 6.07) is 0.256. The number of hydrogen-bond donors (Lipinski definition) is 2. The quantitative estimate of drug-likeness (QED) is 0.735. The van der Waals surface area contributed by atoms with Crippen molar-refractivity contribution in [1.29, 1.82) is 0 Å². The van der Waals surface area contributed by atoms with Gasteiger partial charge in [0.1, 0.15) is 5.82 Å². The fourth-order valence-electron chi connectivity index (χ4n) is 1.97. The Hall–Kier alpha value is -0.870. The van der Waals surface area contributed by atoms with E-state index in [1.165, 1.54) is 0 Å². The van der Waals surface area contributed by atoms with Crippen LogP contribution in [0.1, 0.15) is 25.1 Å². The Morgan fingerprint density at radius 3 is 3.07 bits per heavy atom. The number of rotatable bonds is 3. The Balaban J connectivity index is 1.85. The first-order valence-electron chi connectivity index (χ1n) is 5.15. The van der Waals surface area contributed by atoms with Gasteiger partial charge in [0, 0.05) is 25.5 Å². The van der Waals surface area contributed by atoms with Gasteiger partial charge in [-0.15, -0.1) is 0 Å². The molecule has 4 nitrogen and oxygen atoms in total. The second-order valence-electron chi connectivity index (χ2n) is 3.94. The molecule has 4 heteroatoms. The number of imidazole rings is 1. The lowest BCUT2D eigenvalue weighted by Crippen LogP contribution is -2.35. The number of hydrogen-bond acceptors (Lipinski definition) is 3. The molecule has 1 aromatic rings. The van der Waals surface area contributed by atoms with Crippen molar-refractivity contribution in [3.63, 3.8) is 0 Å². The Labute approximate surface area is 84.0 Å². The summed E-state index contributed by atoms with van der Waals surface area (Å²) >= 11 is 0. The van der Waals surface area contributed by atoms with Gasteiger partial charge >= 0.3 is 0 Å². The predicted molar refractivity (Wildman–Crippen MR) is 53.7 cm³/mol. The van der Waals surface area contributed by atoms with Gasteiger partial charge in [0.2, 0.25) is 0 Å². The molecule has 14 heavy (non-hydrogen) atoms. The van der Waals surface area contributed by atoms with Crippen molar-refractivity contribution in [2.45, 2.75) is 38.0 Å². The van der Waals surface area contributed by atoms with Crippen LogP contribution in [0.25, 0.3) is 0 Å². The first-order valence-corrected chi connectivity index (χ1v) is 5.15. The second kappa shape index (κ2) is 4.11. The van der Waals surface area contributed by atoms with Crippen molar-refractivity contribution in [2.24, 2.45) is 7.05 Å². The van der Waals surface area contributed by atoms with E-state index < -0.39 is 0 Å². The highest BCUT2D eigenvalue weighted by Gasteiger charge is 2.24. The molecule has 1 aliphatic rings. The molecule has 2 N–H and O–H groups in total. The highest BCUT2D eigenvalue weighted by atomic mass is 16.3. The summed E-state index contributed by atoms with van der Waals surface area (Å²) in [5.41, 5.74) is 0. The van der Waals surface area contributed by atoms with Crippen LogP contribution in [0.4, 0.5) is 0 Å². The third-order valence-electron chi connectivity index (χ3n) is 2.92. The van der Waals surface area contributed by atoms with Crippen LogP contribution in [0.15, 0.2) is 12.4 Å². The lowest BCUT2D eigenvalue weighted by atomic mass is 10.2. The molecule has 0 aromatic carbocycles. The number of nitrogens with one attached hydrogen (secondary N) is 1. The van der Waals surface area contributed by atoms with E-state index in [2.05, 4.69) is 10.3 Å². The minimum atomic E-state index is -0.171. The van der Waals surface area contributed by atoms with Crippen LogP contribution in [-0.4, -0.2) is 26.8 Å². The van der Waals surface area contributed by atoms with E-state index in [-0.39, 0.29) is 12.1 Å². The maximum atomic E-state index is 9.60. The van der Waals surface area contributed by atoms with E-state index in [0.717, 1.165) is 31.6 Å². The van der Waals surface area contributed by atoms with Crippen molar-refractivity contribution in [2.75, 3.05) is 0 Å². The average molecular weight is 195 g/mol. The van der Waals surface area contributed by atoms with Crippen molar-refractivity contribution in [1.82, 2.24) is 14.9 Å². The second-order valence-corrected chi connectivity index (χ2v) is 3.94. The smallest absolute Gasteiger partial charge is 0.122 e. The average Bonchev–Trinajstić information content (AvgIpc) is 2.72. The van der Waals surface area contributed by atoms with Crippen LogP contribution >= 0.6 is 0 Å². The zero-order valence-corrected chi connectivity index (χ0v) is 8.48. The van der Waals surface area contributed by atoms with Gasteiger partial charge < -0.3 is 15.0 Å². The zero-order chi connectivity index (χ0) is 9.97. The van der Waals surface area contributed by atoms with Crippen molar-refractivity contribution in [3.8, 4) is 0 Å². The fraction of sp³-hybridized carbons (Fsp3) is 0.700. The summed E-state index contributed by atoms with van der Waals surface area (Å²) < 4.78 is 1.99. The third kappa shape index (κ3) is 1.96. The number of nitrogens with zero attached hydrogens (tertiary/aromatic N) is 2. The van der Waals surface area contributed by atoms with E-state index in [0.29, 0.717) is 0 Å². The van der Waals surface area contributed by atoms with Gasteiger partial charge in [0.15, 0.2) is 0 Å². The first kappa shape index (κ1) is 9.68. The molecule has 0 spiro atoms. The number of aromatic nitrogens is 2. The lowest BCUT2D eigenvalue weighted by molar-refractivity contribution is 0.148. The van der Waals surface area contributed by atoms with Gasteiger partial charge in [-0.3, -0.25) is 0 Å². The summed E-state index contributed by atoms with van der Waals surface area (Å²) in [6.45, 7) is 0.741. The van der Waals surface area contributed by atoms with Gasteiger partial charge in [-0.25, -0.2) is 4.98 Å². The van der Waals surface area contributed by atoms with E-state index >= 15 is 0 Å². The van der Waals surface area contributed by atoms with Crippen LogP contribution in [0.2, 0.25) is 0 Å². The van der Waals surface area contributed by atoms with Crippen molar-refractivity contribution >= 4 is 0 Å². The molecule has 1 aliphatic carbocycles. The van der Waals surface area contributed by atoms with E-state index in [1.54, 1.807) is 6.20 Å². The molecule has 2 atom stereocenters. The Kier molecular flexibility index (Phi) is 2.84. The molecule has 0 bridgehead atoms. The van der Waals surface area contributed by atoms with Gasteiger partial charge in [-0.05, 0) is 19.3 Å². The highest BCUT2D eigenvalue weighted by molar-refractivity contribution is 4.92. The molecule has 1 heterocycles. The Morgan fingerprint density at radius 2 is 2.50 bits per heavy atom. The SMILES string of the molecule is Cn1ccnc1CN[C@@H]1CCC[C@H]1O. The number of aliphatic hydroxyl groups excluding tert-OH is 1. The maximum Gasteiger partial charge on any atom is 0.122 e. The molecular weight excluding hydrogens is 178 g/mol. The summed E-state index contributed by atoms with van der Waals surface area (Å²) in [4.78, 5) is 4.22. The van der Waals surface area contributed by atoms with Crippen LogP contribution < -0.4 is 5.32 Å². The topological polar surface area (TPSA) is 50.1 Å². The first-order chi connectivity index (χ1) is 6.77. The summed E-state index contributed by atoms with van der Waals surface area (Å²) in [5, 5.41) is 12.9. The third-order valence-corrected chi connectivity index (χ3v) is 2.92. The molecular formula is C10H17N3O. The highest BCUT2D eigenvalue weighted by Crippen LogP contribution is 2.18. The lowest BCUT2D eigenvalue weighted by Gasteiger charge is -2.15. The largest absolute Gasteiger partial charge is 0.392 e. The normalized spacial score (nSPS) is 27.0. The predicted octanol–water partition coefficient (Wildman–Crippen LogP) is 0.423. The molecule has 0 aliphatic heterocycles. The molecule has 0 unspecified atom stereocenters. The van der Waals surface area contributed by atoms with Crippen LogP contribution in [0.3, 0.4) is 0 Å². The van der Waals surface area contributed by atoms with Crippen LogP contribution in [-0.2, 0) is 13.6 Å². The number of aryl methyl sites for hydroxylation is 1. The van der Waals surface area contributed by atoms with Gasteiger partial charge in [-0.2, -0.15) is 0 Å². The van der Waals surface area contributed by atoms with E-state index in [4.69, 9.17) is 0 Å². The molecule has 1 fully saturated rings. The zero-order valence-electron chi connectivity index (χ0n) is 8.48. The summed E-state index contributed by atoms with van der Waals surface area (Å²) in [5.74, 6) is 1.02. The maximum absolute atomic E-state index is 9.60. The summed E-state index contributed by atoms with van der Waals surface area (Å²) in [6.07, 6.45) is 6.68. The van der Waals surface area contributed by atoms with Crippen molar-refractivity contribution in [3.05, 3.63) is 18.2 Å². The van der Waals surface area contributed by atoms with Crippen molar-refractivity contribution < 1.29 is 5.11 Å². The Bertz CT molecular complexity index is 297. The molecule has 2 rings (SSSR count). The number of aliphatic hydroxyl groups is 1. The van der Waals surface area contributed by atoms with Crippen LogP contribution in [0.5, 0.6) is 0 Å². The molecule has 1 aromatic heterocycles. The van der Waals surface area contributed by atoms with Gasteiger partial charge in [-0.1, -0.05) is 0 Å². The molecule has 1 saturated carbocycles. The monoisotopic (exact) mass is 195 g/mol. The fourth-order valence-corrected chi connectivity index (χ4v) is 1.97.